The van der Waals surface area contributed by atoms with E-state index in [0.29, 0.717) is 59.5 Å². The first-order valence-corrected chi connectivity index (χ1v) is 30.0. The van der Waals surface area contributed by atoms with Gasteiger partial charge in [-0.2, -0.15) is 0 Å². The topological polar surface area (TPSA) is 47.3 Å². The van der Waals surface area contributed by atoms with Gasteiger partial charge in [-0.15, -0.1) is 0 Å². The Kier molecular flexibility index (Phi) is 27.6. The Bertz CT molecular complexity index is 1190. The molecule has 290 valence electrons. The Hall–Kier alpha value is 0.01000. The second-order valence-corrected chi connectivity index (χ2v) is 31.0. The number of benzene rings is 1. The molecule has 2 heterocycles. The molecule has 9 nitrogen and oxygen atoms in total. The number of aromatic nitrogens is 1. The Morgan fingerprint density at radius 2 is 1.34 bits per heavy atom. The summed E-state index contributed by atoms with van der Waals surface area (Å²) < 4.78 is 26.4. The van der Waals surface area contributed by atoms with Gasteiger partial charge >= 0.3 is 50.5 Å². The molecule has 0 fully saturated rings. The first-order valence-electron chi connectivity index (χ1n) is 16.6. The van der Waals surface area contributed by atoms with Crippen LogP contribution in [-0.4, -0.2) is 138 Å². The first kappa shape index (κ1) is 50.0. The summed E-state index contributed by atoms with van der Waals surface area (Å²) in [5.41, 5.74) is 2.48. The van der Waals surface area contributed by atoms with Crippen LogP contribution in [-0.2, 0) is 25.5 Å². The van der Waals surface area contributed by atoms with Gasteiger partial charge < -0.3 is 32.8 Å². The van der Waals surface area contributed by atoms with Crippen molar-refractivity contribution in [3.63, 3.8) is 0 Å². The summed E-state index contributed by atoms with van der Waals surface area (Å²) in [6.45, 7) is 9.20. The molecule has 1 aliphatic heterocycles. The minimum absolute atomic E-state index is 0. The summed E-state index contributed by atoms with van der Waals surface area (Å²) in [6, 6.07) is 13.2. The van der Waals surface area contributed by atoms with Crippen molar-refractivity contribution in [1.82, 2.24) is 0 Å². The van der Waals surface area contributed by atoms with Gasteiger partial charge in [0.25, 0.3) is 5.82 Å². The minimum atomic E-state index is 0. The number of quaternary nitrogens is 2. The average Bonchev–Trinajstić information content (AvgIpc) is 3.33. The number of halogens is 3. The van der Waals surface area contributed by atoms with Crippen molar-refractivity contribution in [2.45, 2.75) is 39.1 Å². The fourth-order valence-corrected chi connectivity index (χ4v) is 6.25. The molecule has 0 radical (unpaired) electrons. The molecule has 1 aromatic carbocycles. The fourth-order valence-electron chi connectivity index (χ4n) is 5.13. The van der Waals surface area contributed by atoms with E-state index in [0.717, 1.165) is 54.5 Å². The van der Waals surface area contributed by atoms with Crippen LogP contribution in [0.2, 0.25) is 0 Å². The molecule has 0 bridgehead atoms. The van der Waals surface area contributed by atoms with E-state index in [4.69, 9.17) is 18.9 Å². The third-order valence-corrected chi connectivity index (χ3v) is 8.76. The van der Waals surface area contributed by atoms with Gasteiger partial charge in [0.2, 0.25) is 0 Å². The number of nitrogens with zero attached hydrogens (tertiary/aromatic N) is 5. The Labute approximate surface area is 340 Å². The molecule has 0 unspecified atom stereocenters. The van der Waals surface area contributed by atoms with Crippen molar-refractivity contribution in [2.24, 2.45) is 0 Å². The number of thioether (sulfide) groups is 1. The van der Waals surface area contributed by atoms with Gasteiger partial charge in [-0.1, -0.05) is 38.7 Å². The van der Waals surface area contributed by atoms with Crippen molar-refractivity contribution >= 4 is 66.6 Å². The fraction of sp³-hybridized carbons (Fsp3) is 0.649. The predicted molar refractivity (Wildman–Crippen MR) is 228 cm³/mol. The maximum atomic E-state index is 6.00. The summed E-state index contributed by atoms with van der Waals surface area (Å²) >= 11 is 7.14. The van der Waals surface area contributed by atoms with Crippen molar-refractivity contribution in [3.8, 4) is 0 Å². The van der Waals surface area contributed by atoms with Gasteiger partial charge in [-0.05, 0) is 29.8 Å². The van der Waals surface area contributed by atoms with E-state index in [9.17, 15) is 0 Å². The summed E-state index contributed by atoms with van der Waals surface area (Å²) in [5.74, 6) is 1.25. The molecular formula is C37H68I3N5O4S+2. The standard InChI is InChI=1S/C35H60N5O4S.2CH4.I3/c1-36-32-13-9-10-14-33(32)45-35(36)30-31-15-18-38(19-22-42-25-26-44-28-27-43-24-23-41-8)34(29-31)37(16-11-20-39(2,3)4)17-12-21-40(5,6)7;;;1-3-2/h9-10,13-15,18,29-30H,11-12,16-17,19-28H2,1-8H3;2*1H4;/q+3;;;-1. The summed E-state index contributed by atoms with van der Waals surface area (Å²) in [4.78, 5) is 6.20. The van der Waals surface area contributed by atoms with Gasteiger partial charge in [0.05, 0.1) is 132 Å². The van der Waals surface area contributed by atoms with Gasteiger partial charge in [0, 0.05) is 38.0 Å². The summed E-state index contributed by atoms with van der Waals surface area (Å²) in [6.07, 6.45) is 6.83. The normalized spacial score (nSPS) is 13.4. The number of rotatable bonds is 22. The summed E-state index contributed by atoms with van der Waals surface area (Å²) in [5, 5.41) is 1.24. The Morgan fingerprint density at radius 3 is 1.86 bits per heavy atom. The zero-order chi connectivity index (χ0) is 35.4. The van der Waals surface area contributed by atoms with Crippen LogP contribution < -0.4 is 27.6 Å². The van der Waals surface area contributed by atoms with E-state index in [-0.39, 0.29) is 14.9 Å². The van der Waals surface area contributed by atoms with E-state index in [2.05, 4.69) is 150 Å². The van der Waals surface area contributed by atoms with E-state index in [1.807, 2.05) is 11.8 Å². The Morgan fingerprint density at radius 1 is 0.820 bits per heavy atom. The number of para-hydroxylation sites is 1. The van der Waals surface area contributed by atoms with Crippen LogP contribution >= 0.6 is 49.0 Å². The molecular weight excluding hydrogens is 991 g/mol. The molecule has 0 atom stereocenters. The molecule has 0 saturated heterocycles. The molecule has 1 aromatic heterocycles. The van der Waals surface area contributed by atoms with Gasteiger partial charge in [-0.3, -0.25) is 4.90 Å². The second-order valence-electron chi connectivity index (χ2n) is 13.7. The van der Waals surface area contributed by atoms with Crippen LogP contribution in [0.1, 0.15) is 33.3 Å². The number of methoxy groups -OCH3 is 1. The first-order chi connectivity index (χ1) is 22.9. The molecule has 2 aromatic rings. The van der Waals surface area contributed by atoms with E-state index < -0.39 is 0 Å². The molecule has 0 aliphatic carbocycles. The zero-order valence-electron chi connectivity index (χ0n) is 30.4. The molecule has 0 N–H and O–H groups in total. The predicted octanol–water partition coefficient (Wildman–Crippen LogP) is 4.26. The summed E-state index contributed by atoms with van der Waals surface area (Å²) in [7, 11) is 17.5. The van der Waals surface area contributed by atoms with Crippen molar-refractivity contribution in [1.29, 1.82) is 0 Å². The van der Waals surface area contributed by atoms with Crippen molar-refractivity contribution in [2.75, 3.05) is 139 Å². The monoisotopic (exact) mass is 1060 g/mol. The maximum absolute atomic E-state index is 6.00. The van der Waals surface area contributed by atoms with Crippen LogP contribution in [0.25, 0.3) is 6.08 Å². The third kappa shape index (κ3) is 21.0. The van der Waals surface area contributed by atoms with Gasteiger partial charge in [0.1, 0.15) is 6.54 Å². The van der Waals surface area contributed by atoms with Crippen LogP contribution in [0.4, 0.5) is 11.5 Å². The van der Waals surface area contributed by atoms with Crippen LogP contribution in [0.15, 0.2) is 52.5 Å². The van der Waals surface area contributed by atoms with Crippen LogP contribution in [0.5, 0.6) is 0 Å². The molecule has 1 aliphatic rings. The third-order valence-electron chi connectivity index (χ3n) is 7.59. The van der Waals surface area contributed by atoms with Crippen molar-refractivity contribution in [3.05, 3.63) is 53.2 Å². The average molecular weight is 1060 g/mol. The van der Waals surface area contributed by atoms with Gasteiger partial charge in [-0.25, -0.2) is 4.57 Å². The molecule has 0 saturated carbocycles. The van der Waals surface area contributed by atoms with Gasteiger partial charge in [0.15, 0.2) is 0 Å². The van der Waals surface area contributed by atoms with E-state index >= 15 is 0 Å². The molecule has 13 heteroatoms. The molecule has 50 heavy (non-hydrogen) atoms. The number of pyridine rings is 1. The SMILES string of the molecule is C.C.COCCOCCOCCOCC[n+]1ccc(C=C2Sc3ccccc3N2C)cc1N(CCC[N+](C)(C)C)CCC[N+](C)(C)C.I[I-]I. The zero-order valence-corrected chi connectivity index (χ0v) is 37.7. The molecule has 0 spiro atoms. The molecule has 0 amide bonds. The van der Waals surface area contributed by atoms with Crippen molar-refractivity contribution < 1.29 is 45.7 Å². The quantitative estimate of drug-likeness (QED) is 0.0758. The number of ether oxygens (including phenoxy) is 4. The van der Waals surface area contributed by atoms with E-state index in [1.165, 1.54) is 27.0 Å². The number of hydrogen-bond donors (Lipinski definition) is 0. The molecule has 3 rings (SSSR count). The van der Waals surface area contributed by atoms with Crippen LogP contribution in [0, 0.1) is 0 Å². The van der Waals surface area contributed by atoms with E-state index in [1.54, 1.807) is 7.11 Å². The Balaban J connectivity index is 0.00000463. The number of hydrogen-bond acceptors (Lipinski definition) is 7. The second kappa shape index (κ2) is 27.6. The number of fused-ring (bicyclic) bond motifs is 1. The number of anilines is 2. The van der Waals surface area contributed by atoms with Crippen LogP contribution in [0.3, 0.4) is 0 Å².